The molecule has 0 saturated heterocycles. The second-order valence-electron chi connectivity index (χ2n) is 7.02. The maximum absolute atomic E-state index is 12.8. The smallest absolute Gasteiger partial charge is 0.253 e. The fourth-order valence-corrected chi connectivity index (χ4v) is 3.30. The summed E-state index contributed by atoms with van der Waals surface area (Å²) < 4.78 is 0. The highest BCUT2D eigenvalue weighted by Gasteiger charge is 2.22. The minimum Gasteiger partial charge on any atom is -0.344 e. The number of aromatic nitrogens is 4. The zero-order valence-electron chi connectivity index (χ0n) is 15.9. The number of nitrogens with zero attached hydrogens (tertiary/aromatic N) is 4. The van der Waals surface area contributed by atoms with Crippen molar-refractivity contribution in [2.24, 2.45) is 0 Å². The van der Waals surface area contributed by atoms with E-state index in [9.17, 15) is 4.79 Å². The van der Waals surface area contributed by atoms with Crippen LogP contribution in [-0.2, 0) is 5.41 Å². The summed E-state index contributed by atoms with van der Waals surface area (Å²) in [7, 11) is 0. The zero-order chi connectivity index (χ0) is 19.4. The molecule has 0 aromatic carbocycles. The maximum atomic E-state index is 12.8. The Labute approximate surface area is 163 Å². The first kappa shape index (κ1) is 19.1. The van der Waals surface area contributed by atoms with Crippen LogP contribution >= 0.6 is 11.3 Å². The van der Waals surface area contributed by atoms with E-state index in [1.807, 2.05) is 24.6 Å². The van der Waals surface area contributed by atoms with Crippen molar-refractivity contribution < 1.29 is 4.79 Å². The summed E-state index contributed by atoms with van der Waals surface area (Å²) in [5.74, 6) is -0.181. The molecule has 1 unspecified atom stereocenters. The molecule has 140 valence electrons. The highest BCUT2D eigenvalue weighted by Crippen LogP contribution is 2.28. The molecule has 0 saturated carbocycles. The molecule has 1 N–H and O–H groups in total. The summed E-state index contributed by atoms with van der Waals surface area (Å²) in [5.41, 5.74) is 2.95. The SMILES string of the molecule is CCC(C)(C)c1cncc(C(=O)NC(C)c2nccnc2-c2nccs2)c1. The van der Waals surface area contributed by atoms with Crippen LogP contribution in [0.25, 0.3) is 10.7 Å². The van der Waals surface area contributed by atoms with Gasteiger partial charge >= 0.3 is 0 Å². The Morgan fingerprint density at radius 1 is 1.19 bits per heavy atom. The summed E-state index contributed by atoms with van der Waals surface area (Å²) >= 11 is 1.49. The van der Waals surface area contributed by atoms with Gasteiger partial charge < -0.3 is 5.32 Å². The lowest BCUT2D eigenvalue weighted by Crippen LogP contribution is -2.28. The standard InChI is InChI=1S/C20H23N5OS/c1-5-20(3,4)15-10-14(11-21-12-15)18(26)25-13(2)16-17(23-7-6-22-16)19-24-8-9-27-19/h6-13H,5H2,1-4H3,(H,25,26). The third-order valence-corrected chi connectivity index (χ3v) is 5.56. The van der Waals surface area contributed by atoms with E-state index in [1.165, 1.54) is 11.3 Å². The van der Waals surface area contributed by atoms with E-state index in [2.05, 4.69) is 46.0 Å². The number of pyridine rings is 1. The molecule has 1 atom stereocenters. The van der Waals surface area contributed by atoms with Gasteiger partial charge in [-0.3, -0.25) is 19.7 Å². The van der Waals surface area contributed by atoms with Gasteiger partial charge in [0.25, 0.3) is 5.91 Å². The zero-order valence-corrected chi connectivity index (χ0v) is 16.7. The highest BCUT2D eigenvalue weighted by molar-refractivity contribution is 7.13. The van der Waals surface area contributed by atoms with Crippen molar-refractivity contribution in [1.29, 1.82) is 0 Å². The van der Waals surface area contributed by atoms with Crippen molar-refractivity contribution in [2.45, 2.75) is 45.6 Å². The third kappa shape index (κ3) is 4.19. The van der Waals surface area contributed by atoms with Crippen molar-refractivity contribution in [3.8, 4) is 10.7 Å². The molecule has 0 spiro atoms. The number of amides is 1. The molecule has 1 amide bonds. The summed E-state index contributed by atoms with van der Waals surface area (Å²) in [6.07, 6.45) is 9.37. The van der Waals surface area contributed by atoms with Crippen molar-refractivity contribution >= 4 is 17.2 Å². The number of carbonyl (C=O) groups excluding carboxylic acids is 1. The van der Waals surface area contributed by atoms with Crippen LogP contribution < -0.4 is 5.32 Å². The maximum Gasteiger partial charge on any atom is 0.253 e. The van der Waals surface area contributed by atoms with E-state index < -0.39 is 0 Å². The van der Waals surface area contributed by atoms with E-state index in [-0.39, 0.29) is 17.4 Å². The minimum atomic E-state index is -0.312. The van der Waals surface area contributed by atoms with Crippen molar-refractivity contribution in [1.82, 2.24) is 25.3 Å². The van der Waals surface area contributed by atoms with E-state index >= 15 is 0 Å². The fraction of sp³-hybridized carbons (Fsp3) is 0.350. The first-order valence-electron chi connectivity index (χ1n) is 8.89. The number of hydrogen-bond acceptors (Lipinski definition) is 6. The molecule has 0 radical (unpaired) electrons. The van der Waals surface area contributed by atoms with Gasteiger partial charge in [-0.15, -0.1) is 11.3 Å². The predicted octanol–water partition coefficient (Wildman–Crippen LogP) is 4.17. The molecule has 0 bridgehead atoms. The summed E-state index contributed by atoms with van der Waals surface area (Å²) in [6, 6.07) is 1.60. The molecule has 3 heterocycles. The Hall–Kier alpha value is -2.67. The van der Waals surface area contributed by atoms with Crippen LogP contribution in [0.3, 0.4) is 0 Å². The van der Waals surface area contributed by atoms with Gasteiger partial charge in [0.05, 0.1) is 17.3 Å². The summed E-state index contributed by atoms with van der Waals surface area (Å²) in [6.45, 7) is 8.32. The van der Waals surface area contributed by atoms with Gasteiger partial charge in [0.2, 0.25) is 0 Å². The molecule has 7 heteroatoms. The topological polar surface area (TPSA) is 80.7 Å². The molecule has 3 aromatic heterocycles. The molecule has 6 nitrogen and oxygen atoms in total. The predicted molar refractivity (Wildman–Crippen MR) is 107 cm³/mol. The Morgan fingerprint density at radius 3 is 2.67 bits per heavy atom. The number of thiazole rings is 1. The van der Waals surface area contributed by atoms with Gasteiger partial charge in [0.1, 0.15) is 10.7 Å². The largest absolute Gasteiger partial charge is 0.344 e. The molecule has 3 rings (SSSR count). The first-order chi connectivity index (χ1) is 12.9. The molecular weight excluding hydrogens is 358 g/mol. The lowest BCUT2D eigenvalue weighted by Gasteiger charge is -2.23. The second kappa shape index (κ2) is 7.92. The van der Waals surface area contributed by atoms with Gasteiger partial charge in [-0.25, -0.2) is 4.98 Å². The molecule has 3 aromatic rings. The molecular formula is C20H23N5OS. The monoisotopic (exact) mass is 381 g/mol. The molecule has 27 heavy (non-hydrogen) atoms. The molecule has 0 aliphatic heterocycles. The van der Waals surface area contributed by atoms with E-state index in [0.29, 0.717) is 17.0 Å². The average Bonchev–Trinajstić information content (AvgIpc) is 3.22. The van der Waals surface area contributed by atoms with Crippen LogP contribution in [0.15, 0.2) is 42.4 Å². The number of rotatable bonds is 6. The number of hydrogen-bond donors (Lipinski definition) is 1. The Kier molecular flexibility index (Phi) is 5.60. The van der Waals surface area contributed by atoms with Gasteiger partial charge in [0, 0.05) is 36.4 Å². The van der Waals surface area contributed by atoms with E-state index in [1.54, 1.807) is 24.8 Å². The minimum absolute atomic E-state index is 0.0299. The summed E-state index contributed by atoms with van der Waals surface area (Å²) in [5, 5.41) is 5.68. The van der Waals surface area contributed by atoms with E-state index in [4.69, 9.17) is 0 Å². The third-order valence-electron chi connectivity index (χ3n) is 4.78. The van der Waals surface area contributed by atoms with Crippen molar-refractivity contribution in [3.63, 3.8) is 0 Å². The summed E-state index contributed by atoms with van der Waals surface area (Å²) in [4.78, 5) is 30.2. The first-order valence-corrected chi connectivity index (χ1v) is 9.77. The molecule has 0 aliphatic rings. The second-order valence-corrected chi connectivity index (χ2v) is 7.92. The lowest BCUT2D eigenvalue weighted by atomic mass is 9.83. The van der Waals surface area contributed by atoms with Gasteiger partial charge in [-0.1, -0.05) is 20.8 Å². The Balaban J connectivity index is 1.83. The number of carbonyl (C=O) groups is 1. The lowest BCUT2D eigenvalue weighted by molar-refractivity contribution is 0.0938. The van der Waals surface area contributed by atoms with Crippen LogP contribution in [-0.4, -0.2) is 25.8 Å². The highest BCUT2D eigenvalue weighted by atomic mass is 32.1. The number of nitrogens with one attached hydrogen (secondary N) is 1. The van der Waals surface area contributed by atoms with Crippen molar-refractivity contribution in [2.75, 3.05) is 0 Å². The van der Waals surface area contributed by atoms with Gasteiger partial charge in [-0.05, 0) is 30.4 Å². The van der Waals surface area contributed by atoms with Crippen LogP contribution in [0.2, 0.25) is 0 Å². The molecule has 0 aliphatic carbocycles. The van der Waals surface area contributed by atoms with Crippen LogP contribution in [0.4, 0.5) is 0 Å². The fourth-order valence-electron chi connectivity index (χ4n) is 2.66. The normalized spacial score (nSPS) is 12.6. The van der Waals surface area contributed by atoms with Gasteiger partial charge in [-0.2, -0.15) is 0 Å². The van der Waals surface area contributed by atoms with Crippen molar-refractivity contribution in [3.05, 3.63) is 59.3 Å². The molecule has 0 fully saturated rings. The van der Waals surface area contributed by atoms with E-state index in [0.717, 1.165) is 17.0 Å². The van der Waals surface area contributed by atoms with Crippen LogP contribution in [0.1, 0.15) is 61.8 Å². The Bertz CT molecular complexity index is 924. The van der Waals surface area contributed by atoms with Crippen LogP contribution in [0.5, 0.6) is 0 Å². The van der Waals surface area contributed by atoms with Gasteiger partial charge in [0.15, 0.2) is 0 Å². The quantitative estimate of drug-likeness (QED) is 0.693. The average molecular weight is 382 g/mol. The van der Waals surface area contributed by atoms with Crippen LogP contribution in [0, 0.1) is 0 Å². The Morgan fingerprint density at radius 2 is 1.96 bits per heavy atom.